The Morgan fingerprint density at radius 1 is 1.45 bits per heavy atom. The molecule has 0 bridgehead atoms. The summed E-state index contributed by atoms with van der Waals surface area (Å²) >= 11 is 0. The highest BCUT2D eigenvalue weighted by Crippen LogP contribution is 2.33. The number of pyridine rings is 1. The molecular formula is C10H13N. The zero-order chi connectivity index (χ0) is 7.84. The van der Waals surface area contributed by atoms with Gasteiger partial charge in [-0.1, -0.05) is 6.92 Å². The first kappa shape index (κ1) is 6.84. The molecule has 2 rings (SSSR count). The molecule has 1 unspecified atom stereocenters. The van der Waals surface area contributed by atoms with Gasteiger partial charge in [0.2, 0.25) is 0 Å². The molecule has 1 nitrogen and oxygen atoms in total. The minimum atomic E-state index is 0.757. The minimum Gasteiger partial charge on any atom is -0.264 e. The van der Waals surface area contributed by atoms with Crippen LogP contribution in [-0.2, 0) is 6.42 Å². The molecule has 0 saturated heterocycles. The van der Waals surface area contributed by atoms with Crippen LogP contribution in [0, 0.1) is 6.92 Å². The van der Waals surface area contributed by atoms with E-state index in [1.54, 1.807) is 5.56 Å². The van der Waals surface area contributed by atoms with Crippen molar-refractivity contribution in [2.45, 2.75) is 32.6 Å². The van der Waals surface area contributed by atoms with Gasteiger partial charge in [-0.05, 0) is 42.4 Å². The first-order chi connectivity index (χ1) is 5.29. The van der Waals surface area contributed by atoms with E-state index in [0.29, 0.717) is 0 Å². The van der Waals surface area contributed by atoms with Crippen molar-refractivity contribution in [2.24, 2.45) is 0 Å². The Morgan fingerprint density at radius 2 is 2.27 bits per heavy atom. The maximum atomic E-state index is 4.19. The maximum absolute atomic E-state index is 4.19. The molecule has 1 aliphatic rings. The zero-order valence-electron chi connectivity index (χ0n) is 7.09. The van der Waals surface area contributed by atoms with E-state index in [0.717, 1.165) is 5.92 Å². The summed E-state index contributed by atoms with van der Waals surface area (Å²) in [5, 5.41) is 0. The number of rotatable bonds is 0. The lowest BCUT2D eigenvalue weighted by Crippen LogP contribution is -1.91. The average molecular weight is 147 g/mol. The first-order valence-electron chi connectivity index (χ1n) is 4.22. The van der Waals surface area contributed by atoms with Gasteiger partial charge in [0.05, 0.1) is 0 Å². The van der Waals surface area contributed by atoms with Gasteiger partial charge >= 0.3 is 0 Å². The van der Waals surface area contributed by atoms with E-state index >= 15 is 0 Å². The molecule has 0 saturated carbocycles. The van der Waals surface area contributed by atoms with E-state index < -0.39 is 0 Å². The van der Waals surface area contributed by atoms with Gasteiger partial charge in [-0.25, -0.2) is 0 Å². The quantitative estimate of drug-likeness (QED) is 0.549. The van der Waals surface area contributed by atoms with Gasteiger partial charge in [0.1, 0.15) is 0 Å². The van der Waals surface area contributed by atoms with Crippen molar-refractivity contribution in [1.29, 1.82) is 0 Å². The zero-order valence-corrected chi connectivity index (χ0v) is 7.09. The number of hydrogen-bond acceptors (Lipinski definition) is 1. The highest BCUT2D eigenvalue weighted by Gasteiger charge is 2.19. The summed E-state index contributed by atoms with van der Waals surface area (Å²) in [6.45, 7) is 4.46. The van der Waals surface area contributed by atoms with Crippen molar-refractivity contribution < 1.29 is 0 Å². The van der Waals surface area contributed by atoms with Crippen LogP contribution in [0.25, 0.3) is 0 Å². The number of aromatic nitrogens is 1. The number of aryl methyl sites for hydroxylation is 2. The van der Waals surface area contributed by atoms with Gasteiger partial charge in [0.15, 0.2) is 0 Å². The lowest BCUT2D eigenvalue weighted by Gasteiger charge is -2.06. The van der Waals surface area contributed by atoms with Crippen molar-refractivity contribution in [3.63, 3.8) is 0 Å². The predicted octanol–water partition coefficient (Wildman–Crippen LogP) is 2.44. The second kappa shape index (κ2) is 2.33. The van der Waals surface area contributed by atoms with Crippen LogP contribution in [0.5, 0.6) is 0 Å². The molecule has 1 aromatic rings. The average Bonchev–Trinajstić information content (AvgIpc) is 2.34. The maximum Gasteiger partial charge on any atom is 0.0302 e. The van der Waals surface area contributed by atoms with Gasteiger partial charge in [-0.2, -0.15) is 0 Å². The summed E-state index contributed by atoms with van der Waals surface area (Å²) in [6.07, 6.45) is 6.53. The fourth-order valence-electron chi connectivity index (χ4n) is 2.05. The smallest absolute Gasteiger partial charge is 0.0302 e. The van der Waals surface area contributed by atoms with Crippen molar-refractivity contribution in [3.05, 3.63) is 29.1 Å². The van der Waals surface area contributed by atoms with Gasteiger partial charge in [-0.3, -0.25) is 4.98 Å². The van der Waals surface area contributed by atoms with Crippen LogP contribution in [0.15, 0.2) is 12.4 Å². The molecule has 0 N–H and O–H groups in total. The highest BCUT2D eigenvalue weighted by atomic mass is 14.6. The molecule has 0 fully saturated rings. The molecule has 0 aromatic carbocycles. The van der Waals surface area contributed by atoms with Crippen LogP contribution in [0.2, 0.25) is 0 Å². The Morgan fingerprint density at radius 3 is 3.00 bits per heavy atom. The van der Waals surface area contributed by atoms with E-state index in [-0.39, 0.29) is 0 Å². The molecule has 1 aromatic heterocycles. The van der Waals surface area contributed by atoms with E-state index in [9.17, 15) is 0 Å². The second-order valence-electron chi connectivity index (χ2n) is 3.47. The molecule has 0 radical (unpaired) electrons. The van der Waals surface area contributed by atoms with Gasteiger partial charge in [0, 0.05) is 12.4 Å². The summed E-state index contributed by atoms with van der Waals surface area (Å²) in [7, 11) is 0. The van der Waals surface area contributed by atoms with E-state index in [1.807, 2.05) is 12.4 Å². The molecule has 1 heterocycles. The van der Waals surface area contributed by atoms with Crippen LogP contribution < -0.4 is 0 Å². The SMILES string of the molecule is Cc1cncc2c1C(C)CC2. The summed E-state index contributed by atoms with van der Waals surface area (Å²) in [5.41, 5.74) is 4.39. The number of fused-ring (bicyclic) bond motifs is 1. The Labute approximate surface area is 67.5 Å². The molecule has 1 heteroatoms. The monoisotopic (exact) mass is 147 g/mol. The molecule has 58 valence electrons. The summed E-state index contributed by atoms with van der Waals surface area (Å²) in [4.78, 5) is 4.19. The van der Waals surface area contributed by atoms with Gasteiger partial charge in [-0.15, -0.1) is 0 Å². The molecule has 0 spiro atoms. The predicted molar refractivity (Wildman–Crippen MR) is 45.7 cm³/mol. The Kier molecular flexibility index (Phi) is 1.45. The second-order valence-corrected chi connectivity index (χ2v) is 3.47. The third kappa shape index (κ3) is 0.953. The fourth-order valence-corrected chi connectivity index (χ4v) is 2.05. The third-order valence-corrected chi connectivity index (χ3v) is 2.61. The van der Waals surface area contributed by atoms with Crippen LogP contribution in [0.1, 0.15) is 36.0 Å². The van der Waals surface area contributed by atoms with E-state index in [2.05, 4.69) is 18.8 Å². The lowest BCUT2D eigenvalue weighted by molar-refractivity contribution is 0.744. The Hall–Kier alpha value is -0.850. The van der Waals surface area contributed by atoms with Crippen LogP contribution in [0.4, 0.5) is 0 Å². The Bertz CT molecular complexity index is 278. The van der Waals surface area contributed by atoms with Crippen molar-refractivity contribution in [1.82, 2.24) is 4.98 Å². The van der Waals surface area contributed by atoms with Crippen molar-refractivity contribution in [3.8, 4) is 0 Å². The topological polar surface area (TPSA) is 12.9 Å². The number of nitrogens with zero attached hydrogens (tertiary/aromatic N) is 1. The fraction of sp³-hybridized carbons (Fsp3) is 0.500. The molecule has 1 aliphatic carbocycles. The molecule has 11 heavy (non-hydrogen) atoms. The largest absolute Gasteiger partial charge is 0.264 e. The standard InChI is InChI=1S/C10H13N/c1-7-3-4-9-6-11-5-8(2)10(7)9/h5-7H,3-4H2,1-2H3. The van der Waals surface area contributed by atoms with Gasteiger partial charge in [0.25, 0.3) is 0 Å². The molecule has 0 aliphatic heterocycles. The summed E-state index contributed by atoms with van der Waals surface area (Å²) in [6, 6.07) is 0. The van der Waals surface area contributed by atoms with E-state index in [1.165, 1.54) is 24.0 Å². The lowest BCUT2D eigenvalue weighted by atomic mass is 10.0. The van der Waals surface area contributed by atoms with Crippen molar-refractivity contribution in [2.75, 3.05) is 0 Å². The molecular weight excluding hydrogens is 134 g/mol. The minimum absolute atomic E-state index is 0.757. The highest BCUT2D eigenvalue weighted by molar-refractivity contribution is 5.37. The first-order valence-corrected chi connectivity index (χ1v) is 4.22. The van der Waals surface area contributed by atoms with Crippen molar-refractivity contribution >= 4 is 0 Å². The third-order valence-electron chi connectivity index (χ3n) is 2.61. The summed E-state index contributed by atoms with van der Waals surface area (Å²) < 4.78 is 0. The number of hydrogen-bond donors (Lipinski definition) is 0. The Balaban J connectivity index is 2.58. The van der Waals surface area contributed by atoms with Crippen LogP contribution in [0.3, 0.4) is 0 Å². The molecule has 1 atom stereocenters. The molecule has 0 amide bonds. The van der Waals surface area contributed by atoms with Gasteiger partial charge < -0.3 is 0 Å². The van der Waals surface area contributed by atoms with Crippen LogP contribution >= 0.6 is 0 Å². The normalized spacial score (nSPS) is 21.8. The van der Waals surface area contributed by atoms with Crippen LogP contribution in [-0.4, -0.2) is 4.98 Å². The summed E-state index contributed by atoms with van der Waals surface area (Å²) in [5.74, 6) is 0.757. The van der Waals surface area contributed by atoms with E-state index in [4.69, 9.17) is 0 Å².